The van der Waals surface area contributed by atoms with Gasteiger partial charge in [0.1, 0.15) is 12.1 Å². The molecule has 1 N–H and O–H groups in total. The van der Waals surface area contributed by atoms with E-state index in [2.05, 4.69) is 24.2 Å². The molecule has 2 amide bonds. The Hall–Kier alpha value is -1.10. The maximum absolute atomic E-state index is 12.8. The molecule has 0 aromatic rings. The van der Waals surface area contributed by atoms with E-state index in [-0.39, 0.29) is 29.8 Å². The average molecular weight is 295 g/mol. The number of carbonyl (C=O) groups excluding carboxylic acids is 2. The largest absolute Gasteiger partial charge is 0.342 e. The summed E-state index contributed by atoms with van der Waals surface area (Å²) in [5.41, 5.74) is 0. The number of piperazine rings is 1. The van der Waals surface area contributed by atoms with Gasteiger partial charge in [0.15, 0.2) is 0 Å². The van der Waals surface area contributed by atoms with Gasteiger partial charge in [-0.3, -0.25) is 9.59 Å². The second kappa shape index (κ2) is 6.77. The molecule has 5 heteroatoms. The molecule has 4 unspecified atom stereocenters. The van der Waals surface area contributed by atoms with Crippen molar-refractivity contribution >= 4 is 11.8 Å². The number of rotatable bonds is 4. The first kappa shape index (κ1) is 16.3. The van der Waals surface area contributed by atoms with Gasteiger partial charge in [0.2, 0.25) is 11.8 Å². The second-order valence-electron chi connectivity index (χ2n) is 6.67. The topological polar surface area (TPSA) is 52.7 Å². The molecule has 2 fully saturated rings. The van der Waals surface area contributed by atoms with Crippen LogP contribution in [0, 0.1) is 5.92 Å². The minimum atomic E-state index is -0.354. The molecule has 4 atom stereocenters. The molecule has 2 rings (SSSR count). The van der Waals surface area contributed by atoms with Crippen molar-refractivity contribution in [1.29, 1.82) is 0 Å². The summed E-state index contributed by atoms with van der Waals surface area (Å²) in [5, 5.41) is 2.90. The van der Waals surface area contributed by atoms with Crippen molar-refractivity contribution in [2.75, 3.05) is 20.1 Å². The lowest BCUT2D eigenvalue weighted by Gasteiger charge is -2.43. The fourth-order valence-corrected chi connectivity index (χ4v) is 3.32. The van der Waals surface area contributed by atoms with Crippen LogP contribution in [0.25, 0.3) is 0 Å². The minimum absolute atomic E-state index is 0.0154. The van der Waals surface area contributed by atoms with Crippen LogP contribution in [0.15, 0.2) is 0 Å². The van der Waals surface area contributed by atoms with Gasteiger partial charge in [-0.25, -0.2) is 0 Å². The van der Waals surface area contributed by atoms with Gasteiger partial charge in [-0.1, -0.05) is 26.7 Å². The molecule has 2 aliphatic rings. The van der Waals surface area contributed by atoms with Crippen LogP contribution >= 0.6 is 0 Å². The van der Waals surface area contributed by atoms with Gasteiger partial charge < -0.3 is 15.1 Å². The van der Waals surface area contributed by atoms with E-state index < -0.39 is 0 Å². The second-order valence-corrected chi connectivity index (χ2v) is 6.67. The number of likely N-dealkylation sites (tertiary alicyclic amines) is 1. The molecule has 0 spiro atoms. The first-order chi connectivity index (χ1) is 9.95. The fraction of sp³-hybridized carbons (Fsp3) is 0.875. The highest BCUT2D eigenvalue weighted by Gasteiger charge is 2.41. The normalized spacial score (nSPS) is 33.0. The maximum Gasteiger partial charge on any atom is 0.246 e. The Morgan fingerprint density at radius 1 is 1.33 bits per heavy atom. The lowest BCUT2D eigenvalue weighted by molar-refractivity contribution is -0.151. The van der Waals surface area contributed by atoms with Crippen molar-refractivity contribution in [3.63, 3.8) is 0 Å². The zero-order chi connectivity index (χ0) is 15.6. The summed E-state index contributed by atoms with van der Waals surface area (Å²) in [5.74, 6) is 0.259. The van der Waals surface area contributed by atoms with Crippen LogP contribution in [0.2, 0.25) is 0 Å². The van der Waals surface area contributed by atoms with E-state index in [1.54, 1.807) is 0 Å². The van der Waals surface area contributed by atoms with E-state index in [4.69, 9.17) is 0 Å². The third kappa shape index (κ3) is 3.39. The van der Waals surface area contributed by atoms with Crippen molar-refractivity contribution in [2.45, 2.75) is 64.6 Å². The first-order valence-corrected chi connectivity index (χ1v) is 8.26. The predicted octanol–water partition coefficient (Wildman–Crippen LogP) is 1.23. The Morgan fingerprint density at radius 3 is 2.67 bits per heavy atom. The van der Waals surface area contributed by atoms with Crippen LogP contribution in [0.1, 0.15) is 46.5 Å². The number of piperidine rings is 1. The average Bonchev–Trinajstić information content (AvgIpc) is 2.48. The van der Waals surface area contributed by atoms with E-state index in [1.165, 1.54) is 12.8 Å². The number of carbonyl (C=O) groups is 2. The van der Waals surface area contributed by atoms with Crippen molar-refractivity contribution in [2.24, 2.45) is 5.92 Å². The monoisotopic (exact) mass is 295 g/mol. The van der Waals surface area contributed by atoms with Crippen molar-refractivity contribution in [1.82, 2.24) is 15.1 Å². The zero-order valence-corrected chi connectivity index (χ0v) is 13.8. The molecule has 0 radical (unpaired) electrons. The van der Waals surface area contributed by atoms with Crippen LogP contribution in [-0.4, -0.2) is 59.9 Å². The van der Waals surface area contributed by atoms with Gasteiger partial charge in [-0.05, 0) is 39.3 Å². The molecule has 0 aromatic carbocycles. The molecule has 2 heterocycles. The van der Waals surface area contributed by atoms with Crippen LogP contribution in [0.5, 0.6) is 0 Å². The molecular weight excluding hydrogens is 266 g/mol. The molecule has 120 valence electrons. The lowest BCUT2D eigenvalue weighted by Crippen LogP contribution is -2.65. The zero-order valence-electron chi connectivity index (χ0n) is 13.8. The van der Waals surface area contributed by atoms with Crippen LogP contribution in [-0.2, 0) is 9.59 Å². The first-order valence-electron chi connectivity index (χ1n) is 8.26. The van der Waals surface area contributed by atoms with E-state index in [1.807, 2.05) is 18.7 Å². The van der Waals surface area contributed by atoms with Gasteiger partial charge in [0.05, 0.1) is 0 Å². The molecule has 21 heavy (non-hydrogen) atoms. The number of nitrogens with one attached hydrogen (secondary N) is 1. The van der Waals surface area contributed by atoms with Gasteiger partial charge in [0.25, 0.3) is 0 Å². The summed E-state index contributed by atoms with van der Waals surface area (Å²) < 4.78 is 0. The van der Waals surface area contributed by atoms with Crippen molar-refractivity contribution in [3.05, 3.63) is 0 Å². The Kier molecular flexibility index (Phi) is 5.25. The molecule has 0 bridgehead atoms. The fourth-order valence-electron chi connectivity index (χ4n) is 3.32. The molecule has 2 aliphatic heterocycles. The Balaban J connectivity index is 2.11. The van der Waals surface area contributed by atoms with Gasteiger partial charge >= 0.3 is 0 Å². The van der Waals surface area contributed by atoms with E-state index >= 15 is 0 Å². The maximum atomic E-state index is 12.8. The summed E-state index contributed by atoms with van der Waals surface area (Å²) in [6.45, 7) is 7.69. The Labute approximate surface area is 128 Å². The minimum Gasteiger partial charge on any atom is -0.342 e. The van der Waals surface area contributed by atoms with E-state index in [9.17, 15) is 9.59 Å². The summed E-state index contributed by atoms with van der Waals surface area (Å²) >= 11 is 0. The highest BCUT2D eigenvalue weighted by molar-refractivity contribution is 5.96. The van der Waals surface area contributed by atoms with Crippen molar-refractivity contribution in [3.8, 4) is 0 Å². The lowest BCUT2D eigenvalue weighted by atomic mass is 9.93. The van der Waals surface area contributed by atoms with Crippen LogP contribution in [0.4, 0.5) is 0 Å². The third-order valence-electron chi connectivity index (χ3n) is 5.24. The summed E-state index contributed by atoms with van der Waals surface area (Å²) in [7, 11) is 2.12. The smallest absolute Gasteiger partial charge is 0.246 e. The number of hydrogen-bond acceptors (Lipinski definition) is 3. The number of nitrogens with zero attached hydrogens (tertiary/aromatic N) is 2. The number of likely N-dealkylation sites (N-methyl/N-ethyl adjacent to an activating group) is 1. The predicted molar refractivity (Wildman–Crippen MR) is 82.8 cm³/mol. The molecular formula is C16H29N3O2. The van der Waals surface area contributed by atoms with Crippen LogP contribution in [0.3, 0.4) is 0 Å². The molecule has 0 saturated carbocycles. The highest BCUT2D eigenvalue weighted by Crippen LogP contribution is 2.22. The molecule has 2 saturated heterocycles. The standard InChI is InChI=1S/C16H29N3O2/c1-5-11(2)14-16(21)19(12(3)15(20)17-14)10-13-8-6-7-9-18(13)4/h11-14H,5-10H2,1-4H3,(H,17,20). The Morgan fingerprint density at radius 2 is 2.05 bits per heavy atom. The van der Waals surface area contributed by atoms with Gasteiger partial charge in [-0.2, -0.15) is 0 Å². The summed E-state index contributed by atoms with van der Waals surface area (Å²) in [6, 6.07) is -0.325. The summed E-state index contributed by atoms with van der Waals surface area (Å²) in [6.07, 6.45) is 4.45. The highest BCUT2D eigenvalue weighted by atomic mass is 16.2. The summed E-state index contributed by atoms with van der Waals surface area (Å²) in [4.78, 5) is 29.1. The van der Waals surface area contributed by atoms with Crippen LogP contribution < -0.4 is 5.32 Å². The third-order valence-corrected chi connectivity index (χ3v) is 5.24. The molecule has 0 aliphatic carbocycles. The number of hydrogen-bond donors (Lipinski definition) is 1. The number of amides is 2. The van der Waals surface area contributed by atoms with E-state index in [0.717, 1.165) is 19.4 Å². The Bertz CT molecular complexity index is 399. The van der Waals surface area contributed by atoms with Crippen molar-refractivity contribution < 1.29 is 9.59 Å². The quantitative estimate of drug-likeness (QED) is 0.849. The molecule has 0 aromatic heterocycles. The van der Waals surface area contributed by atoms with E-state index in [0.29, 0.717) is 12.6 Å². The molecule has 5 nitrogen and oxygen atoms in total. The van der Waals surface area contributed by atoms with Gasteiger partial charge in [-0.15, -0.1) is 0 Å². The van der Waals surface area contributed by atoms with Gasteiger partial charge in [0, 0.05) is 12.6 Å². The SMILES string of the molecule is CCC(C)C1NC(=O)C(C)N(CC2CCCCN2C)C1=O.